The summed E-state index contributed by atoms with van der Waals surface area (Å²) in [7, 11) is 0. The normalized spacial score (nSPS) is 10.8. The number of aromatic nitrogens is 2. The number of hydrogen-bond donors (Lipinski definition) is 3. The second-order valence-electron chi connectivity index (χ2n) is 4.71. The maximum absolute atomic E-state index is 11.7. The third-order valence-corrected chi connectivity index (χ3v) is 3.18. The van der Waals surface area contributed by atoms with Gasteiger partial charge < -0.3 is 14.8 Å². The van der Waals surface area contributed by atoms with Gasteiger partial charge in [-0.2, -0.15) is 5.11 Å². The maximum atomic E-state index is 11.7. The summed E-state index contributed by atoms with van der Waals surface area (Å²) in [5.74, 6) is 0.934. The topological polar surface area (TPSA) is 103 Å². The van der Waals surface area contributed by atoms with Gasteiger partial charge in [0.2, 0.25) is 11.6 Å². The molecule has 120 valence electrons. The third-order valence-electron chi connectivity index (χ3n) is 2.98. The van der Waals surface area contributed by atoms with E-state index in [2.05, 4.69) is 20.2 Å². The van der Waals surface area contributed by atoms with Gasteiger partial charge in [-0.05, 0) is 48.6 Å². The van der Waals surface area contributed by atoms with E-state index in [0.29, 0.717) is 11.4 Å². The van der Waals surface area contributed by atoms with Crippen LogP contribution in [0.4, 0.5) is 11.4 Å². The molecule has 0 bridgehead atoms. The Bertz CT molecular complexity index is 979. The van der Waals surface area contributed by atoms with Crippen molar-refractivity contribution in [1.82, 2.24) is 9.97 Å². The number of nitrogens with zero attached hydrogens (tertiary/aromatic N) is 2. The van der Waals surface area contributed by atoms with Crippen molar-refractivity contribution in [2.75, 3.05) is 0 Å². The Hall–Kier alpha value is -3.26. The molecule has 0 amide bonds. The van der Waals surface area contributed by atoms with Crippen molar-refractivity contribution >= 4 is 23.6 Å². The Balaban J connectivity index is 1.77. The summed E-state index contributed by atoms with van der Waals surface area (Å²) in [6.07, 6.45) is 0. The summed E-state index contributed by atoms with van der Waals surface area (Å²) in [5, 5.41) is 17.3. The molecule has 0 unspecified atom stereocenters. The Kier molecular flexibility index (Phi) is 4.48. The van der Waals surface area contributed by atoms with E-state index in [1.165, 1.54) is 0 Å². The lowest BCUT2D eigenvalue weighted by Gasteiger charge is -2.04. The number of H-pyrrole nitrogens is 2. The Morgan fingerprint density at radius 1 is 0.917 bits per heavy atom. The molecule has 3 rings (SSSR count). The first-order valence-electron chi connectivity index (χ1n) is 6.92. The van der Waals surface area contributed by atoms with Crippen molar-refractivity contribution in [3.63, 3.8) is 0 Å². The largest absolute Gasteiger partial charge is 0.493 e. The molecule has 0 atom stereocenters. The molecule has 0 aliphatic heterocycles. The second-order valence-corrected chi connectivity index (χ2v) is 5.12. The fourth-order valence-corrected chi connectivity index (χ4v) is 2.06. The zero-order chi connectivity index (χ0) is 16.9. The highest BCUT2D eigenvalue weighted by molar-refractivity contribution is 7.71. The molecule has 7 nitrogen and oxygen atoms in total. The van der Waals surface area contributed by atoms with Crippen LogP contribution in [0.2, 0.25) is 0 Å². The number of rotatable bonds is 4. The van der Waals surface area contributed by atoms with Crippen LogP contribution < -0.4 is 10.3 Å². The highest BCUT2D eigenvalue weighted by Gasteiger charge is 2.06. The number of azo groups is 1. The molecular formula is C16H12N4O3S. The number of benzene rings is 2. The van der Waals surface area contributed by atoms with Crippen LogP contribution in [-0.2, 0) is 0 Å². The molecule has 0 fully saturated rings. The molecule has 2 aromatic carbocycles. The van der Waals surface area contributed by atoms with Crippen LogP contribution in [0.15, 0.2) is 69.6 Å². The smallest absolute Gasteiger partial charge is 0.283 e. The van der Waals surface area contributed by atoms with Crippen molar-refractivity contribution in [1.29, 1.82) is 0 Å². The van der Waals surface area contributed by atoms with Crippen molar-refractivity contribution < 1.29 is 9.84 Å². The van der Waals surface area contributed by atoms with E-state index in [4.69, 9.17) is 17.0 Å². The van der Waals surface area contributed by atoms with Crippen LogP contribution in [0.25, 0.3) is 0 Å². The summed E-state index contributed by atoms with van der Waals surface area (Å²) >= 11 is 4.73. The fourth-order valence-electron chi connectivity index (χ4n) is 1.87. The molecule has 1 aromatic heterocycles. The molecule has 0 aliphatic rings. The van der Waals surface area contributed by atoms with Gasteiger partial charge in [-0.1, -0.05) is 18.2 Å². The van der Waals surface area contributed by atoms with Crippen LogP contribution in [-0.4, -0.2) is 15.1 Å². The van der Waals surface area contributed by atoms with E-state index in [1.54, 1.807) is 24.3 Å². The van der Waals surface area contributed by atoms with E-state index in [-0.39, 0.29) is 10.5 Å². The molecule has 3 aromatic rings. The summed E-state index contributed by atoms with van der Waals surface area (Å²) in [4.78, 5) is 16.4. The predicted molar refractivity (Wildman–Crippen MR) is 91.0 cm³/mol. The first-order chi connectivity index (χ1) is 11.6. The minimum atomic E-state index is -0.621. The van der Waals surface area contributed by atoms with Gasteiger partial charge in [0.25, 0.3) is 5.56 Å². The Morgan fingerprint density at radius 3 is 2.25 bits per heavy atom. The van der Waals surface area contributed by atoms with Crippen LogP contribution in [0, 0.1) is 4.77 Å². The van der Waals surface area contributed by atoms with Crippen molar-refractivity contribution in [3.05, 3.63) is 69.7 Å². The quantitative estimate of drug-likeness (QED) is 0.485. The van der Waals surface area contributed by atoms with E-state index >= 15 is 0 Å². The number of aromatic amines is 2. The van der Waals surface area contributed by atoms with Gasteiger partial charge in [0, 0.05) is 0 Å². The monoisotopic (exact) mass is 340 g/mol. The molecule has 0 saturated heterocycles. The van der Waals surface area contributed by atoms with Crippen LogP contribution in [0.5, 0.6) is 17.4 Å². The zero-order valence-corrected chi connectivity index (χ0v) is 13.1. The Morgan fingerprint density at radius 2 is 1.58 bits per heavy atom. The lowest BCUT2D eigenvalue weighted by molar-refractivity contribution is 0.451. The van der Waals surface area contributed by atoms with Gasteiger partial charge in [-0.25, -0.2) is 0 Å². The summed E-state index contributed by atoms with van der Waals surface area (Å²) in [6.45, 7) is 0. The second kappa shape index (κ2) is 6.88. The number of hydrogen-bond acceptors (Lipinski definition) is 6. The molecule has 3 N–H and O–H groups in total. The molecule has 24 heavy (non-hydrogen) atoms. The lowest BCUT2D eigenvalue weighted by atomic mass is 10.3. The van der Waals surface area contributed by atoms with Gasteiger partial charge in [0.1, 0.15) is 11.5 Å². The highest BCUT2D eigenvalue weighted by Crippen LogP contribution is 2.25. The van der Waals surface area contributed by atoms with Crippen molar-refractivity contribution in [3.8, 4) is 17.4 Å². The third kappa shape index (κ3) is 3.73. The standard InChI is InChI=1S/C16H12N4O3S/c21-14-13(15(22)18-16(24)17-14)20-19-10-6-8-12(9-7-10)23-11-4-2-1-3-5-11/h1-9H,(H3,17,18,21,22,24). The van der Waals surface area contributed by atoms with Crippen molar-refractivity contribution in [2.24, 2.45) is 10.2 Å². The van der Waals surface area contributed by atoms with Gasteiger partial charge in [-0.3, -0.25) is 9.78 Å². The van der Waals surface area contributed by atoms with Gasteiger partial charge >= 0.3 is 0 Å². The maximum Gasteiger partial charge on any atom is 0.283 e. The SMILES string of the molecule is O=c1[nH]c(=S)[nH]c(O)c1N=Nc1ccc(Oc2ccccc2)cc1. The predicted octanol–water partition coefficient (Wildman–Crippen LogP) is 4.35. The minimum absolute atomic E-state index is 0.0128. The average molecular weight is 340 g/mol. The van der Waals surface area contributed by atoms with E-state index in [1.807, 2.05) is 30.3 Å². The van der Waals surface area contributed by atoms with Gasteiger partial charge in [-0.15, -0.1) is 5.11 Å². The average Bonchev–Trinajstić information content (AvgIpc) is 2.56. The van der Waals surface area contributed by atoms with Gasteiger partial charge in [0.05, 0.1) is 5.69 Å². The van der Waals surface area contributed by atoms with Crippen LogP contribution in [0.3, 0.4) is 0 Å². The molecule has 1 heterocycles. The summed E-state index contributed by atoms with van der Waals surface area (Å²) < 4.78 is 5.68. The fraction of sp³-hybridized carbons (Fsp3) is 0. The lowest BCUT2D eigenvalue weighted by Crippen LogP contribution is -2.06. The molecular weight excluding hydrogens is 328 g/mol. The summed E-state index contributed by atoms with van der Waals surface area (Å²) in [5.41, 5.74) is -0.367. The van der Waals surface area contributed by atoms with Crippen LogP contribution >= 0.6 is 12.2 Å². The summed E-state index contributed by atoms with van der Waals surface area (Å²) in [6, 6.07) is 16.2. The first-order valence-corrected chi connectivity index (χ1v) is 7.33. The zero-order valence-electron chi connectivity index (χ0n) is 12.3. The van der Waals surface area contributed by atoms with Crippen molar-refractivity contribution in [2.45, 2.75) is 0 Å². The molecule has 8 heteroatoms. The number of nitrogens with one attached hydrogen (secondary N) is 2. The van der Waals surface area contributed by atoms with E-state index < -0.39 is 11.4 Å². The number of aromatic hydroxyl groups is 1. The molecule has 0 spiro atoms. The van der Waals surface area contributed by atoms with Crippen LogP contribution in [0.1, 0.15) is 0 Å². The number of para-hydroxylation sites is 1. The van der Waals surface area contributed by atoms with Gasteiger partial charge in [0.15, 0.2) is 4.77 Å². The molecule has 0 aliphatic carbocycles. The molecule has 0 radical (unpaired) electrons. The highest BCUT2D eigenvalue weighted by atomic mass is 32.1. The Labute approximate surface area is 141 Å². The number of ether oxygens (including phenoxy) is 1. The van der Waals surface area contributed by atoms with E-state index in [0.717, 1.165) is 5.75 Å². The first kappa shape index (κ1) is 15.6. The molecule has 0 saturated carbocycles. The minimum Gasteiger partial charge on any atom is -0.493 e. The van der Waals surface area contributed by atoms with E-state index in [9.17, 15) is 9.90 Å².